The smallest absolute Gasteiger partial charge is 0.191 e. The van der Waals surface area contributed by atoms with E-state index in [0.29, 0.717) is 19.0 Å². The summed E-state index contributed by atoms with van der Waals surface area (Å²) in [6, 6.07) is 10.6. The van der Waals surface area contributed by atoms with Crippen LogP contribution < -0.4 is 10.6 Å². The summed E-state index contributed by atoms with van der Waals surface area (Å²) in [5.74, 6) is 1.94. The van der Waals surface area contributed by atoms with Gasteiger partial charge in [0.2, 0.25) is 0 Å². The van der Waals surface area contributed by atoms with E-state index >= 15 is 0 Å². The van der Waals surface area contributed by atoms with Crippen LogP contribution in [0.4, 0.5) is 0 Å². The van der Waals surface area contributed by atoms with E-state index in [1.165, 1.54) is 11.1 Å². The summed E-state index contributed by atoms with van der Waals surface area (Å²) in [6.07, 6.45) is 0.539. The number of hydrogen-bond donors (Lipinski definition) is 2. The Morgan fingerprint density at radius 2 is 1.87 bits per heavy atom. The van der Waals surface area contributed by atoms with Gasteiger partial charge in [-0.05, 0) is 37.8 Å². The van der Waals surface area contributed by atoms with Crippen molar-refractivity contribution in [2.24, 2.45) is 4.99 Å². The SMILES string of the molecule is CCNC(=NCc1ccccc1CN1CC(C)OC(C)C1)NCc1cc(C(C)C)no1. The molecule has 170 valence electrons. The minimum atomic E-state index is 0.269. The van der Waals surface area contributed by atoms with Gasteiger partial charge in [-0.25, -0.2) is 4.99 Å². The molecule has 0 bridgehead atoms. The van der Waals surface area contributed by atoms with Gasteiger partial charge >= 0.3 is 0 Å². The van der Waals surface area contributed by atoms with Crippen LogP contribution in [0.15, 0.2) is 39.8 Å². The highest BCUT2D eigenvalue weighted by atomic mass is 16.5. The van der Waals surface area contributed by atoms with Crippen molar-refractivity contribution in [1.82, 2.24) is 20.7 Å². The van der Waals surface area contributed by atoms with E-state index in [0.717, 1.165) is 43.6 Å². The van der Waals surface area contributed by atoms with Crippen LogP contribution in [0.25, 0.3) is 0 Å². The molecule has 2 atom stereocenters. The Morgan fingerprint density at radius 1 is 1.16 bits per heavy atom. The van der Waals surface area contributed by atoms with Crippen molar-refractivity contribution >= 4 is 5.96 Å². The highest BCUT2D eigenvalue weighted by Gasteiger charge is 2.22. The summed E-state index contributed by atoms with van der Waals surface area (Å²) in [4.78, 5) is 7.29. The second kappa shape index (κ2) is 11.3. The molecule has 3 rings (SSSR count). The van der Waals surface area contributed by atoms with Crippen LogP contribution in [-0.4, -0.2) is 47.9 Å². The first-order valence-electron chi connectivity index (χ1n) is 11.4. The fraction of sp³-hybridized carbons (Fsp3) is 0.583. The maximum absolute atomic E-state index is 5.88. The van der Waals surface area contributed by atoms with E-state index in [9.17, 15) is 0 Å². The molecule has 2 heterocycles. The number of guanidine groups is 1. The number of rotatable bonds is 8. The minimum Gasteiger partial charge on any atom is -0.373 e. The molecular weight excluding hydrogens is 390 g/mol. The molecule has 1 aliphatic rings. The van der Waals surface area contributed by atoms with E-state index in [1.54, 1.807) is 0 Å². The van der Waals surface area contributed by atoms with Gasteiger partial charge in [0, 0.05) is 32.2 Å². The molecule has 0 amide bonds. The van der Waals surface area contributed by atoms with Gasteiger partial charge in [-0.15, -0.1) is 0 Å². The molecule has 1 saturated heterocycles. The first kappa shape index (κ1) is 23.3. The maximum Gasteiger partial charge on any atom is 0.191 e. The molecule has 1 aromatic heterocycles. The Labute approximate surface area is 186 Å². The van der Waals surface area contributed by atoms with Gasteiger partial charge in [-0.3, -0.25) is 4.90 Å². The van der Waals surface area contributed by atoms with Crippen molar-refractivity contribution in [2.45, 2.75) is 72.4 Å². The third-order valence-corrected chi connectivity index (χ3v) is 5.36. The molecule has 1 aliphatic heterocycles. The molecule has 2 N–H and O–H groups in total. The Balaban J connectivity index is 1.63. The van der Waals surface area contributed by atoms with Gasteiger partial charge in [0.1, 0.15) is 0 Å². The van der Waals surface area contributed by atoms with Gasteiger partial charge < -0.3 is 19.9 Å². The van der Waals surface area contributed by atoms with Crippen molar-refractivity contribution in [3.63, 3.8) is 0 Å². The zero-order valence-electron chi connectivity index (χ0n) is 19.5. The van der Waals surface area contributed by atoms with Gasteiger partial charge in [0.25, 0.3) is 0 Å². The number of ether oxygens (including phenoxy) is 1. The first-order valence-corrected chi connectivity index (χ1v) is 11.4. The van der Waals surface area contributed by atoms with Crippen LogP contribution in [-0.2, 0) is 24.4 Å². The molecule has 1 fully saturated rings. The maximum atomic E-state index is 5.88. The molecule has 31 heavy (non-hydrogen) atoms. The van der Waals surface area contributed by atoms with E-state index in [-0.39, 0.29) is 12.2 Å². The van der Waals surface area contributed by atoms with E-state index in [2.05, 4.69) is 79.6 Å². The third-order valence-electron chi connectivity index (χ3n) is 5.36. The van der Waals surface area contributed by atoms with Crippen molar-refractivity contribution in [3.05, 3.63) is 52.9 Å². The fourth-order valence-corrected chi connectivity index (χ4v) is 3.88. The number of aliphatic imine (C=N–C) groups is 1. The number of benzene rings is 1. The van der Waals surface area contributed by atoms with Crippen LogP contribution in [0.3, 0.4) is 0 Å². The van der Waals surface area contributed by atoms with Crippen LogP contribution in [0.1, 0.15) is 63.1 Å². The highest BCUT2D eigenvalue weighted by molar-refractivity contribution is 5.79. The van der Waals surface area contributed by atoms with Crippen molar-refractivity contribution in [3.8, 4) is 0 Å². The van der Waals surface area contributed by atoms with Gasteiger partial charge in [0.15, 0.2) is 11.7 Å². The predicted octanol–water partition coefficient (Wildman–Crippen LogP) is 3.66. The summed E-state index contributed by atoms with van der Waals surface area (Å²) in [7, 11) is 0. The zero-order valence-corrected chi connectivity index (χ0v) is 19.5. The predicted molar refractivity (Wildman–Crippen MR) is 124 cm³/mol. The lowest BCUT2D eigenvalue weighted by atomic mass is 10.1. The molecule has 0 spiro atoms. The number of nitrogens with zero attached hydrogens (tertiary/aromatic N) is 3. The van der Waals surface area contributed by atoms with Crippen LogP contribution in [0.2, 0.25) is 0 Å². The number of aromatic nitrogens is 1. The molecule has 0 radical (unpaired) electrons. The lowest BCUT2D eigenvalue weighted by Gasteiger charge is -2.35. The van der Waals surface area contributed by atoms with Gasteiger partial charge in [0.05, 0.1) is 31.0 Å². The van der Waals surface area contributed by atoms with Crippen molar-refractivity contribution in [2.75, 3.05) is 19.6 Å². The Morgan fingerprint density at radius 3 is 2.52 bits per heavy atom. The summed E-state index contributed by atoms with van der Waals surface area (Å²) in [5.41, 5.74) is 3.54. The van der Waals surface area contributed by atoms with Crippen molar-refractivity contribution in [1.29, 1.82) is 0 Å². The lowest BCUT2D eigenvalue weighted by Crippen LogP contribution is -2.44. The van der Waals surface area contributed by atoms with Crippen LogP contribution >= 0.6 is 0 Å². The largest absolute Gasteiger partial charge is 0.373 e. The Kier molecular flexibility index (Phi) is 8.49. The van der Waals surface area contributed by atoms with Gasteiger partial charge in [-0.2, -0.15) is 0 Å². The quantitative estimate of drug-likeness (QED) is 0.495. The number of morpholine rings is 1. The Bertz CT molecular complexity index is 838. The van der Waals surface area contributed by atoms with Crippen LogP contribution in [0.5, 0.6) is 0 Å². The molecule has 0 aliphatic carbocycles. The average Bonchev–Trinajstić information content (AvgIpc) is 3.20. The summed E-state index contributed by atoms with van der Waals surface area (Å²) < 4.78 is 11.3. The van der Waals surface area contributed by atoms with E-state index in [1.807, 2.05) is 6.07 Å². The molecule has 1 aromatic carbocycles. The van der Waals surface area contributed by atoms with Crippen molar-refractivity contribution < 1.29 is 9.26 Å². The topological polar surface area (TPSA) is 74.9 Å². The monoisotopic (exact) mass is 427 g/mol. The average molecular weight is 428 g/mol. The molecule has 2 unspecified atom stereocenters. The Hall–Kier alpha value is -2.38. The van der Waals surface area contributed by atoms with Crippen LogP contribution in [0, 0.1) is 0 Å². The second-order valence-corrected chi connectivity index (χ2v) is 8.64. The lowest BCUT2D eigenvalue weighted by molar-refractivity contribution is -0.0705. The molecule has 0 saturated carbocycles. The number of hydrogen-bond acceptors (Lipinski definition) is 5. The molecule has 7 nitrogen and oxygen atoms in total. The minimum absolute atomic E-state index is 0.269. The number of nitrogens with one attached hydrogen (secondary N) is 2. The molecule has 7 heteroatoms. The van der Waals surface area contributed by atoms with E-state index < -0.39 is 0 Å². The zero-order chi connectivity index (χ0) is 22.2. The fourth-order valence-electron chi connectivity index (χ4n) is 3.88. The molecular formula is C24H37N5O2. The highest BCUT2D eigenvalue weighted by Crippen LogP contribution is 2.18. The summed E-state index contributed by atoms with van der Waals surface area (Å²) in [5, 5.41) is 10.8. The van der Waals surface area contributed by atoms with Gasteiger partial charge in [-0.1, -0.05) is 43.3 Å². The second-order valence-electron chi connectivity index (χ2n) is 8.64. The summed E-state index contributed by atoms with van der Waals surface area (Å²) >= 11 is 0. The third kappa shape index (κ3) is 7.08. The standard InChI is InChI=1S/C24H37N5O2/c1-6-25-24(27-13-22-11-23(17(2)3)28-31-22)26-12-20-9-7-8-10-21(20)16-29-14-18(4)30-19(5)15-29/h7-11,17-19H,6,12-16H2,1-5H3,(H2,25,26,27). The van der Waals surface area contributed by atoms with E-state index in [4.69, 9.17) is 14.3 Å². The first-order chi connectivity index (χ1) is 14.9. The normalized spacial score (nSPS) is 20.3. The molecule has 2 aromatic rings. The summed E-state index contributed by atoms with van der Waals surface area (Å²) in [6.45, 7) is 15.4.